The highest BCUT2D eigenvalue weighted by Crippen LogP contribution is 2.33. The number of aromatic nitrogens is 2. The van der Waals surface area contributed by atoms with Crippen molar-refractivity contribution in [2.75, 3.05) is 6.61 Å². The summed E-state index contributed by atoms with van der Waals surface area (Å²) in [6.07, 6.45) is -3.64. The zero-order valence-electron chi connectivity index (χ0n) is 9.97. The van der Waals surface area contributed by atoms with Gasteiger partial charge in [0, 0.05) is 25.3 Å². The quantitative estimate of drug-likeness (QED) is 0.842. The van der Waals surface area contributed by atoms with Gasteiger partial charge in [0.05, 0.1) is 5.69 Å². The molecule has 0 aromatic carbocycles. The Bertz CT molecular complexity index is 434. The first-order chi connectivity index (χ1) is 8.52. The first-order valence-electron chi connectivity index (χ1n) is 5.76. The molecular weight excluding hydrogens is 247 g/mol. The number of rotatable bonds is 4. The van der Waals surface area contributed by atoms with Gasteiger partial charge in [-0.3, -0.25) is 0 Å². The molecule has 7 heteroatoms. The van der Waals surface area contributed by atoms with Gasteiger partial charge in [-0.2, -0.15) is 13.2 Å². The Kier molecular flexibility index (Phi) is 3.82. The third-order valence-corrected chi connectivity index (χ3v) is 2.58. The summed E-state index contributed by atoms with van der Waals surface area (Å²) in [5.74, 6) is 0.0956. The van der Waals surface area contributed by atoms with Crippen LogP contribution in [0, 0.1) is 0 Å². The van der Waals surface area contributed by atoms with Gasteiger partial charge < -0.3 is 10.1 Å². The van der Waals surface area contributed by atoms with Gasteiger partial charge in [-0.15, -0.1) is 0 Å². The molecule has 18 heavy (non-hydrogen) atoms. The normalized spacial score (nSPS) is 14.9. The predicted molar refractivity (Wildman–Crippen MR) is 57.5 cm³/mol. The van der Waals surface area contributed by atoms with Crippen molar-refractivity contribution in [2.24, 2.45) is 0 Å². The minimum absolute atomic E-state index is 0.0181. The molecule has 0 spiro atoms. The van der Waals surface area contributed by atoms with Crippen molar-refractivity contribution in [1.82, 2.24) is 15.3 Å². The van der Waals surface area contributed by atoms with Gasteiger partial charge in [-0.1, -0.05) is 6.92 Å². The molecule has 100 valence electrons. The fourth-order valence-corrected chi connectivity index (χ4v) is 1.83. The maximum absolute atomic E-state index is 12.9. The Balaban J connectivity index is 2.28. The van der Waals surface area contributed by atoms with Crippen LogP contribution in [0.15, 0.2) is 0 Å². The maximum Gasteiger partial charge on any atom is 0.433 e. The Labute approximate surface area is 103 Å². The van der Waals surface area contributed by atoms with E-state index in [1.165, 1.54) is 0 Å². The summed E-state index contributed by atoms with van der Waals surface area (Å²) >= 11 is 0. The van der Waals surface area contributed by atoms with Crippen molar-refractivity contribution < 1.29 is 17.9 Å². The van der Waals surface area contributed by atoms with Crippen molar-refractivity contribution >= 4 is 0 Å². The molecule has 1 aromatic rings. The second kappa shape index (κ2) is 5.19. The summed E-state index contributed by atoms with van der Waals surface area (Å²) in [6, 6.07) is 0. The zero-order chi connectivity index (χ0) is 13.2. The summed E-state index contributed by atoms with van der Waals surface area (Å²) in [6.45, 7) is 2.95. The van der Waals surface area contributed by atoms with Crippen LogP contribution in [-0.2, 0) is 30.6 Å². The smallest absolute Gasteiger partial charge is 0.373 e. The Morgan fingerprint density at radius 3 is 2.72 bits per heavy atom. The van der Waals surface area contributed by atoms with Gasteiger partial charge in [-0.25, -0.2) is 9.97 Å². The highest BCUT2D eigenvalue weighted by molar-refractivity contribution is 5.31. The van der Waals surface area contributed by atoms with Crippen LogP contribution in [-0.4, -0.2) is 16.6 Å². The number of alkyl halides is 3. The fourth-order valence-electron chi connectivity index (χ4n) is 1.83. The molecule has 1 N–H and O–H groups in total. The second-order valence-corrected chi connectivity index (χ2v) is 4.07. The van der Waals surface area contributed by atoms with E-state index >= 15 is 0 Å². The molecule has 0 aliphatic carbocycles. The maximum atomic E-state index is 12.9. The Morgan fingerprint density at radius 2 is 2.06 bits per heavy atom. The molecule has 1 aromatic heterocycles. The van der Waals surface area contributed by atoms with Crippen molar-refractivity contribution in [2.45, 2.75) is 39.2 Å². The average molecular weight is 261 g/mol. The van der Waals surface area contributed by atoms with E-state index in [1.807, 2.05) is 6.92 Å². The van der Waals surface area contributed by atoms with Crippen LogP contribution in [0.3, 0.4) is 0 Å². The first kappa shape index (κ1) is 13.2. The van der Waals surface area contributed by atoms with Crippen LogP contribution in [0.5, 0.6) is 0 Å². The lowest BCUT2D eigenvalue weighted by atomic mass is 10.2. The largest absolute Gasteiger partial charge is 0.433 e. The molecule has 0 saturated heterocycles. The van der Waals surface area contributed by atoms with Crippen LogP contribution in [0.2, 0.25) is 0 Å². The SMILES string of the molecule is CCCOCc1nc2c(c(C(F)(F)F)n1)CNC2. The number of hydrogen-bond donors (Lipinski definition) is 1. The van der Waals surface area contributed by atoms with Gasteiger partial charge >= 0.3 is 6.18 Å². The summed E-state index contributed by atoms with van der Waals surface area (Å²) in [5, 5.41) is 2.85. The highest BCUT2D eigenvalue weighted by Gasteiger charge is 2.38. The molecular formula is C11H14F3N3O. The Hall–Kier alpha value is -1.21. The van der Waals surface area contributed by atoms with Crippen LogP contribution in [0.25, 0.3) is 0 Å². The third-order valence-electron chi connectivity index (χ3n) is 2.58. The number of ether oxygens (including phenoxy) is 1. The van der Waals surface area contributed by atoms with E-state index in [9.17, 15) is 13.2 Å². The van der Waals surface area contributed by atoms with Crippen molar-refractivity contribution in [3.63, 3.8) is 0 Å². The van der Waals surface area contributed by atoms with E-state index in [1.54, 1.807) is 0 Å². The molecule has 2 heterocycles. The number of nitrogens with zero attached hydrogens (tertiary/aromatic N) is 2. The minimum atomic E-state index is -4.45. The monoisotopic (exact) mass is 261 g/mol. The topological polar surface area (TPSA) is 47.0 Å². The lowest BCUT2D eigenvalue weighted by Gasteiger charge is -2.12. The molecule has 1 aliphatic rings. The predicted octanol–water partition coefficient (Wildman–Crippen LogP) is 2.03. The van der Waals surface area contributed by atoms with E-state index in [0.29, 0.717) is 18.8 Å². The number of fused-ring (bicyclic) bond motifs is 1. The summed E-state index contributed by atoms with van der Waals surface area (Å²) in [7, 11) is 0. The van der Waals surface area contributed by atoms with Crippen LogP contribution < -0.4 is 5.32 Å². The molecule has 0 unspecified atom stereocenters. The molecule has 2 rings (SSSR count). The van der Waals surface area contributed by atoms with Gasteiger partial charge in [0.2, 0.25) is 0 Å². The van der Waals surface area contributed by atoms with E-state index in [2.05, 4.69) is 15.3 Å². The number of nitrogens with one attached hydrogen (secondary N) is 1. The van der Waals surface area contributed by atoms with Crippen molar-refractivity contribution in [3.05, 3.63) is 22.8 Å². The molecule has 0 saturated carbocycles. The van der Waals surface area contributed by atoms with Crippen LogP contribution in [0.4, 0.5) is 13.2 Å². The Morgan fingerprint density at radius 1 is 1.28 bits per heavy atom. The molecule has 0 radical (unpaired) electrons. The molecule has 0 amide bonds. The van der Waals surface area contributed by atoms with Crippen molar-refractivity contribution in [1.29, 1.82) is 0 Å². The summed E-state index contributed by atoms with van der Waals surface area (Å²) < 4.78 is 43.7. The molecule has 0 atom stereocenters. The molecule has 0 fully saturated rings. The van der Waals surface area contributed by atoms with E-state index in [4.69, 9.17) is 4.74 Å². The average Bonchev–Trinajstić information content (AvgIpc) is 2.74. The van der Waals surface area contributed by atoms with E-state index in [0.717, 1.165) is 6.42 Å². The van der Waals surface area contributed by atoms with Crippen LogP contribution in [0.1, 0.15) is 36.1 Å². The van der Waals surface area contributed by atoms with Crippen LogP contribution >= 0.6 is 0 Å². The standard InChI is InChI=1S/C11H14F3N3O/c1-2-3-18-6-9-16-8-5-15-4-7(8)10(17-9)11(12,13)14/h15H,2-6H2,1H3. The second-order valence-electron chi connectivity index (χ2n) is 4.07. The van der Waals surface area contributed by atoms with Gasteiger partial charge in [0.25, 0.3) is 0 Å². The fraction of sp³-hybridized carbons (Fsp3) is 0.636. The summed E-state index contributed by atoms with van der Waals surface area (Å²) in [4.78, 5) is 7.69. The van der Waals surface area contributed by atoms with E-state index in [-0.39, 0.29) is 24.5 Å². The first-order valence-corrected chi connectivity index (χ1v) is 5.76. The van der Waals surface area contributed by atoms with Gasteiger partial charge in [0.1, 0.15) is 6.61 Å². The lowest BCUT2D eigenvalue weighted by molar-refractivity contribution is -0.142. The zero-order valence-corrected chi connectivity index (χ0v) is 9.97. The van der Waals surface area contributed by atoms with Crippen molar-refractivity contribution in [3.8, 4) is 0 Å². The molecule has 0 bridgehead atoms. The van der Waals surface area contributed by atoms with E-state index < -0.39 is 11.9 Å². The number of halogens is 3. The lowest BCUT2D eigenvalue weighted by Crippen LogP contribution is -2.16. The molecule has 1 aliphatic heterocycles. The van der Waals surface area contributed by atoms with Gasteiger partial charge in [-0.05, 0) is 6.42 Å². The minimum Gasteiger partial charge on any atom is -0.373 e. The summed E-state index contributed by atoms with van der Waals surface area (Å²) in [5.41, 5.74) is -0.262. The number of hydrogen-bond acceptors (Lipinski definition) is 4. The molecule has 4 nitrogen and oxygen atoms in total. The van der Waals surface area contributed by atoms with Gasteiger partial charge in [0.15, 0.2) is 11.5 Å². The third kappa shape index (κ3) is 2.78. The highest BCUT2D eigenvalue weighted by atomic mass is 19.4.